The van der Waals surface area contributed by atoms with E-state index in [1.165, 1.54) is 35.9 Å². The monoisotopic (exact) mass is 472 g/mol. The van der Waals surface area contributed by atoms with Crippen LogP contribution in [0, 0.1) is 0 Å². The summed E-state index contributed by atoms with van der Waals surface area (Å²) in [6.45, 7) is 0. The van der Waals surface area contributed by atoms with Gasteiger partial charge in [0.1, 0.15) is 11.1 Å². The molecule has 3 aromatic rings. The first-order valence-corrected chi connectivity index (χ1v) is 11.0. The molecule has 0 unspecified atom stereocenters. The van der Waals surface area contributed by atoms with Gasteiger partial charge in [-0.2, -0.15) is 13.2 Å². The lowest BCUT2D eigenvalue weighted by Gasteiger charge is -2.25. The number of ether oxygens (including phenoxy) is 1. The SMILES string of the molecule is COc1cccc(C(=O)Nc2ccc([C@H]3SCC(=O)N3c3ccc(C(F)(F)F)cc3)cc2)c1. The largest absolute Gasteiger partial charge is 0.497 e. The lowest BCUT2D eigenvalue weighted by atomic mass is 10.1. The summed E-state index contributed by atoms with van der Waals surface area (Å²) >= 11 is 1.39. The predicted octanol–water partition coefficient (Wildman–Crippen LogP) is 5.74. The number of hydrogen-bond donors (Lipinski definition) is 1. The maximum absolute atomic E-state index is 12.9. The van der Waals surface area contributed by atoms with Crippen LogP contribution < -0.4 is 15.0 Å². The van der Waals surface area contributed by atoms with Gasteiger partial charge in [0.25, 0.3) is 5.91 Å². The lowest BCUT2D eigenvalue weighted by molar-refractivity contribution is -0.137. The van der Waals surface area contributed by atoms with Gasteiger partial charge in [-0.05, 0) is 60.2 Å². The van der Waals surface area contributed by atoms with E-state index in [1.807, 2.05) is 0 Å². The fourth-order valence-corrected chi connectivity index (χ4v) is 4.64. The summed E-state index contributed by atoms with van der Waals surface area (Å²) in [6, 6.07) is 18.4. The number of benzene rings is 3. The van der Waals surface area contributed by atoms with Gasteiger partial charge in [0, 0.05) is 16.9 Å². The van der Waals surface area contributed by atoms with Gasteiger partial charge in [-0.1, -0.05) is 18.2 Å². The van der Waals surface area contributed by atoms with Gasteiger partial charge in [0.2, 0.25) is 5.91 Å². The van der Waals surface area contributed by atoms with Crippen molar-refractivity contribution >= 4 is 35.0 Å². The molecule has 1 aliphatic rings. The second-order valence-electron chi connectivity index (χ2n) is 7.28. The molecule has 5 nitrogen and oxygen atoms in total. The first-order valence-electron chi connectivity index (χ1n) is 9.92. The van der Waals surface area contributed by atoms with E-state index in [2.05, 4.69) is 5.32 Å². The Labute approximate surface area is 192 Å². The third-order valence-electron chi connectivity index (χ3n) is 5.13. The first-order chi connectivity index (χ1) is 15.8. The molecule has 0 radical (unpaired) electrons. The van der Waals surface area contributed by atoms with Gasteiger partial charge >= 0.3 is 6.18 Å². The summed E-state index contributed by atoms with van der Waals surface area (Å²) in [5.74, 6) is 0.322. The Morgan fingerprint density at radius 2 is 1.76 bits per heavy atom. The van der Waals surface area contributed by atoms with Crippen LogP contribution in [0.3, 0.4) is 0 Å². The third kappa shape index (κ3) is 4.98. The molecule has 1 saturated heterocycles. The van der Waals surface area contributed by atoms with Gasteiger partial charge in [0.15, 0.2) is 0 Å². The highest BCUT2D eigenvalue weighted by molar-refractivity contribution is 8.00. The number of carbonyl (C=O) groups excluding carboxylic acids is 2. The molecule has 3 aromatic carbocycles. The Balaban J connectivity index is 1.50. The molecule has 1 fully saturated rings. The fourth-order valence-electron chi connectivity index (χ4n) is 3.46. The van der Waals surface area contributed by atoms with E-state index in [1.54, 1.807) is 48.5 Å². The molecule has 0 spiro atoms. The Bertz CT molecular complexity index is 1160. The van der Waals surface area contributed by atoms with E-state index in [0.717, 1.165) is 17.7 Å². The molecule has 33 heavy (non-hydrogen) atoms. The van der Waals surface area contributed by atoms with Crippen LogP contribution in [0.5, 0.6) is 5.75 Å². The zero-order valence-corrected chi connectivity index (χ0v) is 18.2. The summed E-state index contributed by atoms with van der Waals surface area (Å²) in [5.41, 5.74) is 1.45. The number of methoxy groups -OCH3 is 1. The number of amides is 2. The zero-order valence-electron chi connectivity index (χ0n) is 17.4. The van der Waals surface area contributed by atoms with Gasteiger partial charge < -0.3 is 10.1 Å². The van der Waals surface area contributed by atoms with Crippen molar-refractivity contribution in [2.45, 2.75) is 11.6 Å². The molecule has 1 N–H and O–H groups in total. The standard InChI is InChI=1S/C24H19F3N2O3S/c1-32-20-4-2-3-16(13-20)22(31)28-18-9-5-15(6-10-18)23-29(21(30)14-33-23)19-11-7-17(8-12-19)24(25,26)27/h2-13,23H,14H2,1H3,(H,28,31)/t23-/m1/s1. The number of hydrogen-bond acceptors (Lipinski definition) is 4. The molecule has 2 amide bonds. The topological polar surface area (TPSA) is 58.6 Å². The number of rotatable bonds is 5. The van der Waals surface area contributed by atoms with E-state index in [-0.39, 0.29) is 22.9 Å². The second-order valence-corrected chi connectivity index (χ2v) is 8.35. The fraction of sp³-hybridized carbons (Fsp3) is 0.167. The summed E-state index contributed by atoms with van der Waals surface area (Å²) in [4.78, 5) is 26.5. The van der Waals surface area contributed by atoms with Crippen molar-refractivity contribution in [2.24, 2.45) is 0 Å². The molecule has 0 saturated carbocycles. The minimum atomic E-state index is -4.44. The number of alkyl halides is 3. The van der Waals surface area contributed by atoms with Gasteiger partial charge in [-0.15, -0.1) is 11.8 Å². The minimum Gasteiger partial charge on any atom is -0.497 e. The Morgan fingerprint density at radius 1 is 1.06 bits per heavy atom. The van der Waals surface area contributed by atoms with E-state index in [0.29, 0.717) is 22.7 Å². The van der Waals surface area contributed by atoms with Gasteiger partial charge in [0.05, 0.1) is 18.4 Å². The molecule has 170 valence electrons. The normalized spacial score (nSPS) is 16.1. The molecule has 0 bridgehead atoms. The first kappa shape index (κ1) is 22.7. The highest BCUT2D eigenvalue weighted by Gasteiger charge is 2.35. The maximum Gasteiger partial charge on any atom is 0.416 e. The predicted molar refractivity (Wildman–Crippen MR) is 122 cm³/mol. The molecular weight excluding hydrogens is 453 g/mol. The second kappa shape index (κ2) is 9.19. The average molecular weight is 472 g/mol. The van der Waals surface area contributed by atoms with Crippen LogP contribution in [-0.4, -0.2) is 24.7 Å². The lowest BCUT2D eigenvalue weighted by Crippen LogP contribution is -2.27. The van der Waals surface area contributed by atoms with E-state index in [9.17, 15) is 22.8 Å². The minimum absolute atomic E-state index is 0.180. The number of halogens is 3. The quantitative estimate of drug-likeness (QED) is 0.514. The highest BCUT2D eigenvalue weighted by atomic mass is 32.2. The summed E-state index contributed by atoms with van der Waals surface area (Å²) < 4.78 is 43.7. The molecule has 1 heterocycles. The third-order valence-corrected chi connectivity index (χ3v) is 6.34. The van der Waals surface area contributed by atoms with Crippen molar-refractivity contribution in [3.63, 3.8) is 0 Å². The maximum atomic E-state index is 12.9. The highest BCUT2D eigenvalue weighted by Crippen LogP contribution is 2.42. The molecule has 1 aliphatic heterocycles. The van der Waals surface area contributed by atoms with E-state index < -0.39 is 11.7 Å². The molecule has 0 aliphatic carbocycles. The zero-order chi connectivity index (χ0) is 23.6. The Kier molecular flexibility index (Phi) is 6.33. The van der Waals surface area contributed by atoms with Crippen LogP contribution in [0.2, 0.25) is 0 Å². The van der Waals surface area contributed by atoms with Crippen LogP contribution in [0.15, 0.2) is 72.8 Å². The van der Waals surface area contributed by atoms with Crippen LogP contribution in [0.1, 0.15) is 26.9 Å². The van der Waals surface area contributed by atoms with Crippen molar-refractivity contribution in [1.82, 2.24) is 0 Å². The van der Waals surface area contributed by atoms with Crippen molar-refractivity contribution < 1.29 is 27.5 Å². The van der Waals surface area contributed by atoms with Crippen LogP contribution in [0.4, 0.5) is 24.5 Å². The van der Waals surface area contributed by atoms with E-state index >= 15 is 0 Å². The molecular formula is C24H19F3N2O3S. The summed E-state index contributed by atoms with van der Waals surface area (Å²) in [7, 11) is 1.52. The van der Waals surface area contributed by atoms with Crippen molar-refractivity contribution in [1.29, 1.82) is 0 Å². The number of nitrogens with zero attached hydrogens (tertiary/aromatic N) is 1. The van der Waals surface area contributed by atoms with Crippen molar-refractivity contribution in [3.05, 3.63) is 89.5 Å². The van der Waals surface area contributed by atoms with E-state index in [4.69, 9.17) is 4.74 Å². The summed E-state index contributed by atoms with van der Waals surface area (Å²) in [6.07, 6.45) is -4.44. The number of anilines is 2. The smallest absolute Gasteiger partial charge is 0.416 e. The van der Waals surface area contributed by atoms with Crippen LogP contribution in [-0.2, 0) is 11.0 Å². The molecule has 0 aromatic heterocycles. The number of thioether (sulfide) groups is 1. The Morgan fingerprint density at radius 3 is 2.39 bits per heavy atom. The number of nitrogens with one attached hydrogen (secondary N) is 1. The van der Waals surface area contributed by atoms with Crippen LogP contribution >= 0.6 is 11.8 Å². The Hall–Kier alpha value is -3.46. The molecule has 1 atom stereocenters. The van der Waals surface area contributed by atoms with Crippen molar-refractivity contribution in [3.8, 4) is 5.75 Å². The van der Waals surface area contributed by atoms with Gasteiger partial charge in [-0.25, -0.2) is 0 Å². The van der Waals surface area contributed by atoms with Crippen molar-refractivity contribution in [2.75, 3.05) is 23.1 Å². The molecule has 9 heteroatoms. The summed E-state index contributed by atoms with van der Waals surface area (Å²) in [5, 5.41) is 2.43. The number of carbonyl (C=O) groups is 2. The van der Waals surface area contributed by atoms with Gasteiger partial charge in [-0.3, -0.25) is 14.5 Å². The van der Waals surface area contributed by atoms with Crippen LogP contribution in [0.25, 0.3) is 0 Å². The molecule has 4 rings (SSSR count). The average Bonchev–Trinajstić information content (AvgIpc) is 3.20.